The van der Waals surface area contributed by atoms with Gasteiger partial charge in [0.2, 0.25) is 10.0 Å². The molecule has 0 heterocycles. The minimum atomic E-state index is -3.58. The van der Waals surface area contributed by atoms with Crippen molar-refractivity contribution < 1.29 is 8.42 Å². The molecule has 0 fully saturated rings. The Hall–Kier alpha value is -1.14. The monoisotopic (exact) mass is 340 g/mol. The second-order valence-corrected chi connectivity index (χ2v) is 7.31. The predicted octanol–water partition coefficient (Wildman–Crippen LogP) is 3.29. The van der Waals surface area contributed by atoms with Crippen molar-refractivity contribution in [3.05, 3.63) is 41.4 Å². The van der Waals surface area contributed by atoms with E-state index in [1.165, 1.54) is 0 Å². The molecule has 4 nitrogen and oxygen atoms in total. The number of benzene rings is 2. The van der Waals surface area contributed by atoms with Crippen LogP contribution >= 0.6 is 11.6 Å². The molecule has 0 aliphatic heterocycles. The van der Waals surface area contributed by atoms with Crippen molar-refractivity contribution in [1.29, 1.82) is 0 Å². The standard InChI is InChI=1S/C16H21ClN2O2S/c17-16-14-8-4-3-7-13(14)9-10-15(16)22(20,21)19-12-6-2-1-5-11-18/h3-4,7-10,19H,1-2,5-6,11-12,18H2. The molecule has 0 amide bonds. The van der Waals surface area contributed by atoms with Crippen LogP contribution in [0.15, 0.2) is 41.3 Å². The molecule has 0 saturated carbocycles. The molecule has 0 atom stereocenters. The number of halogens is 1. The molecular weight excluding hydrogens is 320 g/mol. The van der Waals surface area contributed by atoms with Gasteiger partial charge in [-0.15, -0.1) is 0 Å². The van der Waals surface area contributed by atoms with Crippen LogP contribution in [-0.2, 0) is 10.0 Å². The molecule has 2 aromatic carbocycles. The highest BCUT2D eigenvalue weighted by Crippen LogP contribution is 2.30. The minimum Gasteiger partial charge on any atom is -0.330 e. The maximum atomic E-state index is 12.4. The third kappa shape index (κ3) is 4.20. The molecule has 22 heavy (non-hydrogen) atoms. The number of nitrogens with two attached hydrogens (primary N) is 1. The van der Waals surface area contributed by atoms with Crippen LogP contribution in [0.25, 0.3) is 10.8 Å². The average molecular weight is 341 g/mol. The quantitative estimate of drug-likeness (QED) is 0.724. The van der Waals surface area contributed by atoms with Crippen molar-refractivity contribution >= 4 is 32.4 Å². The van der Waals surface area contributed by atoms with Gasteiger partial charge in [0.15, 0.2) is 0 Å². The highest BCUT2D eigenvalue weighted by Gasteiger charge is 2.18. The molecule has 120 valence electrons. The van der Waals surface area contributed by atoms with Crippen LogP contribution in [0, 0.1) is 0 Å². The molecule has 2 aromatic rings. The van der Waals surface area contributed by atoms with E-state index in [0.29, 0.717) is 13.1 Å². The van der Waals surface area contributed by atoms with Crippen LogP contribution < -0.4 is 10.5 Å². The molecule has 0 saturated heterocycles. The fourth-order valence-electron chi connectivity index (χ4n) is 2.33. The second-order valence-electron chi connectivity index (χ2n) is 5.20. The molecule has 3 N–H and O–H groups in total. The molecule has 0 spiro atoms. The number of hydrogen-bond donors (Lipinski definition) is 2. The summed E-state index contributed by atoms with van der Waals surface area (Å²) in [6.07, 6.45) is 3.76. The molecule has 2 rings (SSSR count). The third-order valence-electron chi connectivity index (χ3n) is 3.54. The molecule has 0 aliphatic carbocycles. The number of fused-ring (bicyclic) bond motifs is 1. The van der Waals surface area contributed by atoms with Crippen molar-refractivity contribution in [2.45, 2.75) is 30.6 Å². The van der Waals surface area contributed by atoms with E-state index < -0.39 is 10.0 Å². The van der Waals surface area contributed by atoms with Gasteiger partial charge in [0.05, 0.1) is 5.02 Å². The summed E-state index contributed by atoms with van der Waals surface area (Å²) in [7, 11) is -3.58. The van der Waals surface area contributed by atoms with E-state index in [9.17, 15) is 8.42 Å². The summed E-state index contributed by atoms with van der Waals surface area (Å²) in [6.45, 7) is 1.09. The number of nitrogens with one attached hydrogen (secondary N) is 1. The first-order chi connectivity index (χ1) is 10.6. The van der Waals surface area contributed by atoms with Gasteiger partial charge in [-0.05, 0) is 30.8 Å². The Morgan fingerprint density at radius 1 is 1.00 bits per heavy atom. The van der Waals surface area contributed by atoms with Gasteiger partial charge >= 0.3 is 0 Å². The second kappa shape index (κ2) is 7.92. The lowest BCUT2D eigenvalue weighted by Crippen LogP contribution is -2.25. The van der Waals surface area contributed by atoms with Gasteiger partial charge in [-0.1, -0.05) is 54.8 Å². The van der Waals surface area contributed by atoms with Crippen molar-refractivity contribution in [3.8, 4) is 0 Å². The topological polar surface area (TPSA) is 72.2 Å². The molecule has 0 radical (unpaired) electrons. The predicted molar refractivity (Wildman–Crippen MR) is 91.7 cm³/mol. The summed E-state index contributed by atoms with van der Waals surface area (Å²) >= 11 is 6.27. The van der Waals surface area contributed by atoms with Crippen LogP contribution in [0.2, 0.25) is 5.02 Å². The van der Waals surface area contributed by atoms with Crippen LogP contribution in [-0.4, -0.2) is 21.5 Å². The maximum Gasteiger partial charge on any atom is 0.242 e. The summed E-state index contributed by atoms with van der Waals surface area (Å²) in [5.41, 5.74) is 5.42. The lowest BCUT2D eigenvalue weighted by Gasteiger charge is -2.10. The van der Waals surface area contributed by atoms with Gasteiger partial charge in [0, 0.05) is 11.9 Å². The molecule has 0 aromatic heterocycles. The fourth-order valence-corrected chi connectivity index (χ4v) is 4.03. The van der Waals surface area contributed by atoms with Crippen LogP contribution in [0.1, 0.15) is 25.7 Å². The van der Waals surface area contributed by atoms with Crippen molar-refractivity contribution in [2.75, 3.05) is 13.1 Å². The highest BCUT2D eigenvalue weighted by molar-refractivity contribution is 7.89. The number of unbranched alkanes of at least 4 members (excludes halogenated alkanes) is 3. The van der Waals surface area contributed by atoms with E-state index in [2.05, 4.69) is 4.72 Å². The summed E-state index contributed by atoms with van der Waals surface area (Å²) in [5.74, 6) is 0. The first-order valence-corrected chi connectivity index (χ1v) is 9.29. The highest BCUT2D eigenvalue weighted by atomic mass is 35.5. The van der Waals surface area contributed by atoms with Gasteiger partial charge in [-0.25, -0.2) is 13.1 Å². The summed E-state index contributed by atoms with van der Waals surface area (Å²) in [5, 5.41) is 1.94. The smallest absolute Gasteiger partial charge is 0.242 e. The van der Waals surface area contributed by atoms with Gasteiger partial charge in [0.25, 0.3) is 0 Å². The molecular formula is C16H21ClN2O2S. The average Bonchev–Trinajstić information content (AvgIpc) is 2.51. The van der Waals surface area contributed by atoms with E-state index in [1.807, 2.05) is 24.3 Å². The van der Waals surface area contributed by atoms with Crippen LogP contribution in [0.5, 0.6) is 0 Å². The van der Waals surface area contributed by atoms with Gasteiger partial charge in [-0.3, -0.25) is 0 Å². The number of hydrogen-bond acceptors (Lipinski definition) is 3. The van der Waals surface area contributed by atoms with E-state index in [-0.39, 0.29) is 9.92 Å². The van der Waals surface area contributed by atoms with E-state index >= 15 is 0 Å². The molecule has 0 aliphatic rings. The third-order valence-corrected chi connectivity index (χ3v) is 5.56. The molecule has 0 bridgehead atoms. The van der Waals surface area contributed by atoms with E-state index in [0.717, 1.165) is 36.5 Å². The lowest BCUT2D eigenvalue weighted by atomic mass is 10.1. The Kier molecular flexibility index (Phi) is 6.20. The zero-order valence-corrected chi connectivity index (χ0v) is 14.0. The van der Waals surface area contributed by atoms with E-state index in [4.69, 9.17) is 17.3 Å². The Bertz CT molecular complexity index is 732. The van der Waals surface area contributed by atoms with Gasteiger partial charge in [0.1, 0.15) is 4.90 Å². The van der Waals surface area contributed by atoms with Crippen molar-refractivity contribution in [2.24, 2.45) is 5.73 Å². The van der Waals surface area contributed by atoms with Gasteiger partial charge in [-0.2, -0.15) is 0 Å². The Labute approximate surface area is 136 Å². The molecule has 6 heteroatoms. The van der Waals surface area contributed by atoms with Crippen molar-refractivity contribution in [3.63, 3.8) is 0 Å². The Morgan fingerprint density at radius 2 is 1.73 bits per heavy atom. The summed E-state index contributed by atoms with van der Waals surface area (Å²) in [4.78, 5) is 0.134. The van der Waals surface area contributed by atoms with Crippen LogP contribution in [0.3, 0.4) is 0 Å². The zero-order valence-electron chi connectivity index (χ0n) is 12.4. The maximum absolute atomic E-state index is 12.4. The minimum absolute atomic E-state index is 0.134. The Morgan fingerprint density at radius 3 is 2.50 bits per heavy atom. The van der Waals surface area contributed by atoms with Crippen LogP contribution in [0.4, 0.5) is 0 Å². The largest absolute Gasteiger partial charge is 0.330 e. The van der Waals surface area contributed by atoms with Gasteiger partial charge < -0.3 is 5.73 Å². The summed E-state index contributed by atoms with van der Waals surface area (Å²) < 4.78 is 27.4. The summed E-state index contributed by atoms with van der Waals surface area (Å²) in [6, 6.07) is 10.8. The number of sulfonamides is 1. The Balaban J connectivity index is 2.08. The first-order valence-electron chi connectivity index (χ1n) is 7.43. The van der Waals surface area contributed by atoms with Crippen molar-refractivity contribution in [1.82, 2.24) is 4.72 Å². The number of rotatable bonds is 8. The molecule has 0 unspecified atom stereocenters. The zero-order chi connectivity index (χ0) is 16.0. The lowest BCUT2D eigenvalue weighted by molar-refractivity contribution is 0.572. The fraction of sp³-hybridized carbons (Fsp3) is 0.375. The van der Waals surface area contributed by atoms with E-state index in [1.54, 1.807) is 12.1 Å². The SMILES string of the molecule is NCCCCCCNS(=O)(=O)c1ccc2ccccc2c1Cl. The first kappa shape index (κ1) is 17.2. The normalized spacial score (nSPS) is 11.9.